The van der Waals surface area contributed by atoms with E-state index in [1.54, 1.807) is 29.7 Å². The molecule has 5 rings (SSSR count). The molecule has 1 aliphatic rings. The van der Waals surface area contributed by atoms with Crippen LogP contribution in [0.5, 0.6) is 0 Å². The number of rotatable bonds is 4. The number of allylic oxidation sites excluding steroid dienone is 1. The van der Waals surface area contributed by atoms with Crippen molar-refractivity contribution in [1.82, 2.24) is 4.57 Å². The molecule has 0 amide bonds. The van der Waals surface area contributed by atoms with Crippen LogP contribution in [0.2, 0.25) is 5.02 Å². The molecule has 0 fully saturated rings. The third kappa shape index (κ3) is 3.93. The predicted molar refractivity (Wildman–Crippen MR) is 131 cm³/mol. The number of benzene rings is 2. The van der Waals surface area contributed by atoms with E-state index in [4.69, 9.17) is 20.8 Å². The van der Waals surface area contributed by atoms with Crippen molar-refractivity contribution in [2.75, 3.05) is 7.11 Å². The Bertz CT molecular complexity index is 1610. The summed E-state index contributed by atoms with van der Waals surface area (Å²) in [5.41, 5.74) is 2.25. The lowest BCUT2D eigenvalue weighted by atomic mass is 9.96. The van der Waals surface area contributed by atoms with E-state index in [1.165, 1.54) is 18.4 Å². The van der Waals surface area contributed by atoms with E-state index >= 15 is 0 Å². The first kappa shape index (κ1) is 22.1. The summed E-state index contributed by atoms with van der Waals surface area (Å²) in [6.45, 7) is 1.75. The number of ether oxygens (including phenoxy) is 1. The Balaban J connectivity index is 1.64. The first-order chi connectivity index (χ1) is 16.5. The highest BCUT2D eigenvalue weighted by Crippen LogP contribution is 2.30. The van der Waals surface area contributed by atoms with Gasteiger partial charge >= 0.3 is 5.97 Å². The van der Waals surface area contributed by atoms with Crippen LogP contribution >= 0.6 is 22.9 Å². The number of nitrogens with zero attached hydrogens (tertiary/aromatic N) is 2. The zero-order valence-corrected chi connectivity index (χ0v) is 19.9. The molecule has 0 radical (unpaired) electrons. The van der Waals surface area contributed by atoms with Crippen molar-refractivity contribution in [3.8, 4) is 11.3 Å². The van der Waals surface area contributed by atoms with Crippen LogP contribution in [0, 0.1) is 0 Å². The molecule has 0 aliphatic carbocycles. The second-order valence-electron chi connectivity index (χ2n) is 7.70. The number of carbonyl (C=O) groups is 1. The number of fused-ring (bicyclic) bond motifs is 1. The average Bonchev–Trinajstić information content (AvgIpc) is 3.43. The first-order valence-electron chi connectivity index (χ1n) is 10.5. The minimum atomic E-state index is -0.634. The molecule has 170 valence electrons. The average molecular weight is 491 g/mol. The largest absolute Gasteiger partial charge is 0.466 e. The molecule has 2 aromatic heterocycles. The summed E-state index contributed by atoms with van der Waals surface area (Å²) in [4.78, 5) is 31.3. The molecule has 0 unspecified atom stereocenters. The number of carbonyl (C=O) groups excluding carboxylic acids is 1. The van der Waals surface area contributed by atoms with Gasteiger partial charge in [0.2, 0.25) is 0 Å². The second kappa shape index (κ2) is 8.93. The van der Waals surface area contributed by atoms with Crippen molar-refractivity contribution in [2.45, 2.75) is 13.0 Å². The maximum atomic E-state index is 13.5. The summed E-state index contributed by atoms with van der Waals surface area (Å²) in [7, 11) is 1.32. The van der Waals surface area contributed by atoms with E-state index in [-0.39, 0.29) is 5.56 Å². The molecule has 0 N–H and O–H groups in total. The number of hydrogen-bond donors (Lipinski definition) is 0. The van der Waals surface area contributed by atoms with Gasteiger partial charge in [0.25, 0.3) is 5.56 Å². The quantitative estimate of drug-likeness (QED) is 0.399. The summed E-state index contributed by atoms with van der Waals surface area (Å²) < 4.78 is 13.0. The van der Waals surface area contributed by atoms with Crippen LogP contribution in [-0.4, -0.2) is 17.6 Å². The molecule has 0 saturated heterocycles. The molecule has 1 atom stereocenters. The van der Waals surface area contributed by atoms with Gasteiger partial charge in [-0.3, -0.25) is 9.36 Å². The van der Waals surface area contributed by atoms with Gasteiger partial charge in [-0.2, -0.15) is 0 Å². The van der Waals surface area contributed by atoms with Crippen LogP contribution < -0.4 is 14.9 Å². The molecule has 4 aromatic rings. The van der Waals surface area contributed by atoms with E-state index < -0.39 is 12.0 Å². The molecule has 8 heteroatoms. The predicted octanol–water partition coefficient (Wildman–Crippen LogP) is 4.32. The summed E-state index contributed by atoms with van der Waals surface area (Å²) in [5, 5.41) is 0.612. The number of hydrogen-bond acceptors (Lipinski definition) is 6. The number of methoxy groups -OCH3 is 1. The van der Waals surface area contributed by atoms with Crippen molar-refractivity contribution in [3.05, 3.63) is 114 Å². The Hall–Kier alpha value is -3.68. The molecular weight excluding hydrogens is 472 g/mol. The monoisotopic (exact) mass is 490 g/mol. The van der Waals surface area contributed by atoms with Gasteiger partial charge in [0.1, 0.15) is 11.5 Å². The number of aromatic nitrogens is 1. The second-order valence-corrected chi connectivity index (χ2v) is 9.14. The summed E-state index contributed by atoms with van der Waals surface area (Å²) >= 11 is 7.34. The third-order valence-electron chi connectivity index (χ3n) is 5.55. The molecule has 6 nitrogen and oxygen atoms in total. The van der Waals surface area contributed by atoms with E-state index in [2.05, 4.69) is 4.99 Å². The Morgan fingerprint density at radius 1 is 1.15 bits per heavy atom. The number of halogens is 1. The normalized spacial score (nSPS) is 15.7. The molecule has 2 aromatic carbocycles. The molecular formula is C26H19ClN2O4S. The lowest BCUT2D eigenvalue weighted by Crippen LogP contribution is -2.39. The molecule has 1 aliphatic heterocycles. The maximum absolute atomic E-state index is 13.5. The highest BCUT2D eigenvalue weighted by Gasteiger charge is 2.32. The topological polar surface area (TPSA) is 73.8 Å². The van der Waals surface area contributed by atoms with Crippen LogP contribution in [0.3, 0.4) is 0 Å². The molecule has 3 heterocycles. The van der Waals surface area contributed by atoms with E-state index in [9.17, 15) is 9.59 Å². The lowest BCUT2D eigenvalue weighted by molar-refractivity contribution is -0.136. The Morgan fingerprint density at radius 2 is 1.94 bits per heavy atom. The van der Waals surface area contributed by atoms with Gasteiger partial charge in [0.05, 0.1) is 29.0 Å². The molecule has 0 spiro atoms. The fourth-order valence-electron chi connectivity index (χ4n) is 4.00. The Labute approximate surface area is 203 Å². The number of esters is 1. The van der Waals surface area contributed by atoms with E-state index in [1.807, 2.05) is 54.6 Å². The van der Waals surface area contributed by atoms with Crippen LogP contribution in [0.15, 0.2) is 92.2 Å². The van der Waals surface area contributed by atoms with Gasteiger partial charge in [-0.15, -0.1) is 0 Å². The van der Waals surface area contributed by atoms with Gasteiger partial charge < -0.3 is 9.15 Å². The molecule has 0 saturated carbocycles. The number of furan rings is 1. The highest BCUT2D eigenvalue weighted by molar-refractivity contribution is 7.07. The van der Waals surface area contributed by atoms with Crippen LogP contribution in [0.25, 0.3) is 17.4 Å². The maximum Gasteiger partial charge on any atom is 0.338 e. The first-order valence-corrected chi connectivity index (χ1v) is 11.7. The van der Waals surface area contributed by atoms with Crippen molar-refractivity contribution in [3.63, 3.8) is 0 Å². The highest BCUT2D eigenvalue weighted by atomic mass is 35.5. The minimum Gasteiger partial charge on any atom is -0.466 e. The van der Waals surface area contributed by atoms with Gasteiger partial charge in [0, 0.05) is 16.7 Å². The standard InChI is InChI=1S/C26H19ClN2O4S/c1-15-22(25(31)32-2)23(16-7-4-3-5-8-16)29-24(30)21(34-26(29)28-15)14-19-11-12-20(33-19)17-9-6-10-18(27)13-17/h3-14,23H,1-2H3/b21-14-/t23-/m0/s1. The number of thiazole rings is 1. The van der Waals surface area contributed by atoms with Gasteiger partial charge in [-0.05, 0) is 36.8 Å². The van der Waals surface area contributed by atoms with Crippen LogP contribution in [0.1, 0.15) is 24.3 Å². The fourth-order valence-corrected chi connectivity index (χ4v) is 5.22. The summed E-state index contributed by atoms with van der Waals surface area (Å²) in [6.07, 6.45) is 1.69. The van der Waals surface area contributed by atoms with E-state index in [0.29, 0.717) is 37.1 Å². The zero-order valence-electron chi connectivity index (χ0n) is 18.3. The zero-order chi connectivity index (χ0) is 23.8. The Morgan fingerprint density at radius 3 is 2.68 bits per heavy atom. The lowest BCUT2D eigenvalue weighted by Gasteiger charge is -2.24. The van der Waals surface area contributed by atoms with Crippen molar-refractivity contribution < 1.29 is 13.9 Å². The SMILES string of the molecule is COC(=O)C1=C(C)N=c2s/c(=C\c3ccc(-c4cccc(Cl)c4)o3)c(=O)n2[C@H]1c1ccccc1. The van der Waals surface area contributed by atoms with Crippen LogP contribution in [0.4, 0.5) is 0 Å². The summed E-state index contributed by atoms with van der Waals surface area (Å²) in [5.74, 6) is 0.662. The van der Waals surface area contributed by atoms with Crippen LogP contribution in [-0.2, 0) is 9.53 Å². The van der Waals surface area contributed by atoms with Crippen molar-refractivity contribution in [2.24, 2.45) is 4.99 Å². The smallest absolute Gasteiger partial charge is 0.338 e. The summed E-state index contributed by atoms with van der Waals surface area (Å²) in [6, 6.07) is 19.8. The third-order valence-corrected chi connectivity index (χ3v) is 6.77. The Kier molecular flexibility index (Phi) is 5.81. The van der Waals surface area contributed by atoms with E-state index in [0.717, 1.165) is 11.1 Å². The fraction of sp³-hybridized carbons (Fsp3) is 0.115. The molecule has 34 heavy (non-hydrogen) atoms. The van der Waals surface area contributed by atoms with Gasteiger partial charge in [-0.25, -0.2) is 9.79 Å². The minimum absolute atomic E-state index is 0.257. The van der Waals surface area contributed by atoms with Crippen molar-refractivity contribution >= 4 is 35.0 Å². The van der Waals surface area contributed by atoms with Gasteiger partial charge in [0.15, 0.2) is 4.80 Å². The van der Waals surface area contributed by atoms with Gasteiger partial charge in [-0.1, -0.05) is 65.4 Å². The molecule has 0 bridgehead atoms. The van der Waals surface area contributed by atoms with Crippen molar-refractivity contribution in [1.29, 1.82) is 0 Å².